The van der Waals surface area contributed by atoms with E-state index in [0.717, 1.165) is 49.3 Å². The number of carbonyl (C=O) groups is 1. The van der Waals surface area contributed by atoms with Crippen molar-refractivity contribution in [1.82, 2.24) is 15.2 Å². The van der Waals surface area contributed by atoms with Gasteiger partial charge in [0.05, 0.1) is 49.6 Å². The fraction of sp³-hybridized carbons (Fsp3) is 0.524. The number of hydrogen-bond donors (Lipinski definition) is 1. The molecule has 2 aliphatic rings. The minimum Gasteiger partial charge on any atom is -0.379 e. The lowest BCUT2D eigenvalue weighted by Crippen LogP contribution is -2.54. The molecule has 2 fully saturated rings. The molecule has 0 bridgehead atoms. The van der Waals surface area contributed by atoms with Crippen molar-refractivity contribution in [2.45, 2.75) is 32.4 Å². The van der Waals surface area contributed by atoms with Crippen LogP contribution in [-0.2, 0) is 15.9 Å². The van der Waals surface area contributed by atoms with Crippen molar-refractivity contribution in [3.63, 3.8) is 0 Å². The van der Waals surface area contributed by atoms with Gasteiger partial charge in [-0.2, -0.15) is 0 Å². The average Bonchev–Trinajstić information content (AvgIpc) is 3.15. The van der Waals surface area contributed by atoms with Crippen molar-refractivity contribution >= 4 is 16.8 Å². The van der Waals surface area contributed by atoms with Gasteiger partial charge in [-0.05, 0) is 37.1 Å². The van der Waals surface area contributed by atoms with Gasteiger partial charge < -0.3 is 14.8 Å². The van der Waals surface area contributed by atoms with Gasteiger partial charge in [0.25, 0.3) is 5.91 Å². The summed E-state index contributed by atoms with van der Waals surface area (Å²) in [5.74, 6) is -0.0486. The van der Waals surface area contributed by atoms with Gasteiger partial charge >= 0.3 is 0 Å². The fourth-order valence-electron chi connectivity index (χ4n) is 4.01. The Kier molecular flexibility index (Phi) is 5.38. The summed E-state index contributed by atoms with van der Waals surface area (Å²) in [5, 5.41) is 4.14. The minimum atomic E-state index is -0.0486. The molecular weight excluding hydrogens is 342 g/mol. The first-order valence-electron chi connectivity index (χ1n) is 9.76. The first-order chi connectivity index (χ1) is 13.2. The lowest BCUT2D eigenvalue weighted by atomic mass is 10.0. The Morgan fingerprint density at radius 3 is 2.81 bits per heavy atom. The van der Waals surface area contributed by atoms with Crippen LogP contribution in [0.3, 0.4) is 0 Å². The van der Waals surface area contributed by atoms with Crippen molar-refractivity contribution in [2.24, 2.45) is 0 Å². The van der Waals surface area contributed by atoms with E-state index in [1.54, 1.807) is 0 Å². The molecule has 2 saturated heterocycles. The molecule has 1 aromatic carbocycles. The number of carbonyl (C=O) groups excluding carboxylic acids is 1. The maximum Gasteiger partial charge on any atom is 0.252 e. The highest BCUT2D eigenvalue weighted by molar-refractivity contribution is 6.06. The van der Waals surface area contributed by atoms with Gasteiger partial charge in [-0.1, -0.05) is 13.0 Å². The summed E-state index contributed by atoms with van der Waals surface area (Å²) in [6.45, 7) is 8.51. The Bertz CT molecular complexity index is 833. The first-order valence-corrected chi connectivity index (χ1v) is 9.76. The van der Waals surface area contributed by atoms with Crippen LogP contribution in [0.5, 0.6) is 0 Å². The van der Waals surface area contributed by atoms with Crippen molar-refractivity contribution in [3.8, 4) is 0 Å². The van der Waals surface area contributed by atoms with Crippen LogP contribution in [0.4, 0.5) is 0 Å². The number of amides is 1. The smallest absolute Gasteiger partial charge is 0.252 e. The number of nitrogens with zero attached hydrogens (tertiary/aromatic N) is 2. The van der Waals surface area contributed by atoms with Gasteiger partial charge in [0.2, 0.25) is 0 Å². The number of aromatic nitrogens is 1. The molecule has 4 rings (SSSR count). The van der Waals surface area contributed by atoms with Gasteiger partial charge in [0.1, 0.15) is 0 Å². The molecule has 144 valence electrons. The summed E-state index contributed by atoms with van der Waals surface area (Å²) in [4.78, 5) is 20.1. The third-order valence-corrected chi connectivity index (χ3v) is 5.54. The second-order valence-electron chi connectivity index (χ2n) is 7.35. The molecule has 2 aliphatic heterocycles. The molecule has 2 atom stereocenters. The SMILES string of the molecule is CCc1ccc2nc(C)cc(C(=O)N[C@@H]3COC[C@H]3N3CCOCC3)c2c1. The van der Waals surface area contributed by atoms with E-state index < -0.39 is 0 Å². The van der Waals surface area contributed by atoms with Gasteiger partial charge in [-0.15, -0.1) is 0 Å². The van der Waals surface area contributed by atoms with Crippen LogP contribution < -0.4 is 5.32 Å². The lowest BCUT2D eigenvalue weighted by molar-refractivity contribution is 0.0108. The van der Waals surface area contributed by atoms with E-state index in [1.165, 1.54) is 5.56 Å². The molecule has 27 heavy (non-hydrogen) atoms. The molecule has 1 aromatic heterocycles. The average molecular weight is 369 g/mol. The highest BCUT2D eigenvalue weighted by Crippen LogP contribution is 2.22. The van der Waals surface area contributed by atoms with E-state index in [1.807, 2.05) is 19.1 Å². The maximum absolute atomic E-state index is 13.2. The van der Waals surface area contributed by atoms with Crippen LogP contribution in [-0.4, -0.2) is 67.4 Å². The number of nitrogens with one attached hydrogen (secondary N) is 1. The molecule has 1 N–H and O–H groups in total. The van der Waals surface area contributed by atoms with Crippen LogP contribution in [0, 0.1) is 6.92 Å². The summed E-state index contributed by atoms with van der Waals surface area (Å²) in [5.41, 5.74) is 3.62. The molecule has 6 heteroatoms. The number of pyridine rings is 1. The number of benzene rings is 1. The van der Waals surface area contributed by atoms with Crippen LogP contribution in [0.25, 0.3) is 10.9 Å². The Morgan fingerprint density at radius 1 is 1.22 bits per heavy atom. The van der Waals surface area contributed by atoms with Crippen LogP contribution in [0.15, 0.2) is 24.3 Å². The quantitative estimate of drug-likeness (QED) is 0.892. The zero-order valence-corrected chi connectivity index (χ0v) is 16.0. The molecule has 0 aliphatic carbocycles. The lowest BCUT2D eigenvalue weighted by Gasteiger charge is -2.34. The van der Waals surface area contributed by atoms with Crippen LogP contribution >= 0.6 is 0 Å². The Morgan fingerprint density at radius 2 is 2.04 bits per heavy atom. The zero-order chi connectivity index (χ0) is 18.8. The molecule has 0 spiro atoms. The van der Waals surface area contributed by atoms with E-state index in [9.17, 15) is 4.79 Å². The largest absolute Gasteiger partial charge is 0.379 e. The van der Waals surface area contributed by atoms with Crippen LogP contribution in [0.2, 0.25) is 0 Å². The predicted octanol–water partition coefficient (Wildman–Crippen LogP) is 1.94. The first kappa shape index (κ1) is 18.3. The predicted molar refractivity (Wildman–Crippen MR) is 104 cm³/mol. The van der Waals surface area contributed by atoms with E-state index in [4.69, 9.17) is 9.47 Å². The van der Waals surface area contributed by atoms with Gasteiger partial charge in [-0.3, -0.25) is 14.7 Å². The van der Waals surface area contributed by atoms with E-state index >= 15 is 0 Å². The van der Waals surface area contributed by atoms with Crippen molar-refractivity contribution in [2.75, 3.05) is 39.5 Å². The molecule has 0 unspecified atom stereocenters. The van der Waals surface area contributed by atoms with Gasteiger partial charge in [0.15, 0.2) is 0 Å². The van der Waals surface area contributed by atoms with Crippen LogP contribution in [0.1, 0.15) is 28.5 Å². The number of morpholine rings is 1. The fourth-order valence-corrected chi connectivity index (χ4v) is 4.01. The maximum atomic E-state index is 13.2. The topological polar surface area (TPSA) is 63.7 Å². The molecule has 0 saturated carbocycles. The summed E-state index contributed by atoms with van der Waals surface area (Å²) in [6.07, 6.45) is 0.931. The van der Waals surface area contributed by atoms with E-state index in [2.05, 4.69) is 34.3 Å². The summed E-state index contributed by atoms with van der Waals surface area (Å²) >= 11 is 0. The normalized spacial score (nSPS) is 23.6. The second kappa shape index (κ2) is 7.92. The third kappa shape index (κ3) is 3.83. The minimum absolute atomic E-state index is 0.00604. The summed E-state index contributed by atoms with van der Waals surface area (Å²) in [6, 6.07) is 8.26. The summed E-state index contributed by atoms with van der Waals surface area (Å²) in [7, 11) is 0. The summed E-state index contributed by atoms with van der Waals surface area (Å²) < 4.78 is 11.1. The monoisotopic (exact) mass is 369 g/mol. The number of aryl methyl sites for hydroxylation is 2. The Hall–Kier alpha value is -2.02. The van der Waals surface area contributed by atoms with Crippen molar-refractivity contribution in [3.05, 3.63) is 41.1 Å². The molecular formula is C21H27N3O3. The van der Waals surface area contributed by atoms with Gasteiger partial charge in [0, 0.05) is 24.2 Å². The van der Waals surface area contributed by atoms with E-state index in [-0.39, 0.29) is 18.0 Å². The highest BCUT2D eigenvalue weighted by atomic mass is 16.5. The Labute approximate surface area is 159 Å². The third-order valence-electron chi connectivity index (χ3n) is 5.54. The molecule has 2 aromatic rings. The molecule has 3 heterocycles. The molecule has 6 nitrogen and oxygen atoms in total. The zero-order valence-electron chi connectivity index (χ0n) is 16.0. The van der Waals surface area contributed by atoms with Gasteiger partial charge in [-0.25, -0.2) is 0 Å². The number of hydrogen-bond acceptors (Lipinski definition) is 5. The number of rotatable bonds is 4. The molecule has 0 radical (unpaired) electrons. The number of fused-ring (bicyclic) bond motifs is 1. The standard InChI is InChI=1S/C21H27N3O3/c1-3-15-4-5-18-16(11-15)17(10-14(2)22-18)21(25)23-19-12-27-13-20(19)24-6-8-26-9-7-24/h4-5,10-11,19-20H,3,6-9,12-13H2,1-2H3,(H,23,25)/t19-,20-/m1/s1. The molecule has 1 amide bonds. The Balaban J connectivity index is 1.58. The van der Waals surface area contributed by atoms with E-state index in [0.29, 0.717) is 18.8 Å². The number of ether oxygens (including phenoxy) is 2. The second-order valence-corrected chi connectivity index (χ2v) is 7.35. The van der Waals surface area contributed by atoms with Crippen molar-refractivity contribution in [1.29, 1.82) is 0 Å². The highest BCUT2D eigenvalue weighted by Gasteiger charge is 2.35. The van der Waals surface area contributed by atoms with Crippen molar-refractivity contribution < 1.29 is 14.3 Å².